The summed E-state index contributed by atoms with van der Waals surface area (Å²) in [5.41, 5.74) is 3.82. The zero-order chi connectivity index (χ0) is 15.5. The van der Waals surface area contributed by atoms with E-state index < -0.39 is 6.10 Å². The first-order valence-electron chi connectivity index (χ1n) is 6.89. The molecule has 4 nitrogen and oxygen atoms in total. The van der Waals surface area contributed by atoms with E-state index in [0.29, 0.717) is 6.54 Å². The Morgan fingerprint density at radius 1 is 1.27 bits per heavy atom. The van der Waals surface area contributed by atoms with E-state index in [9.17, 15) is 5.11 Å². The number of hydrogen-bond donors (Lipinski definition) is 3. The molecule has 0 saturated carbocycles. The van der Waals surface area contributed by atoms with Crippen LogP contribution in [0.25, 0.3) is 22.4 Å². The van der Waals surface area contributed by atoms with Gasteiger partial charge in [-0.15, -0.1) is 11.6 Å². The van der Waals surface area contributed by atoms with Gasteiger partial charge in [-0.1, -0.05) is 28.1 Å². The molecule has 22 heavy (non-hydrogen) atoms. The number of fused-ring (bicyclic) bond motifs is 1. The molecule has 1 atom stereocenters. The molecule has 0 radical (unpaired) electrons. The fourth-order valence-corrected chi connectivity index (χ4v) is 2.66. The lowest BCUT2D eigenvalue weighted by Crippen LogP contribution is -2.20. The predicted octanol–water partition coefficient (Wildman–Crippen LogP) is 4.00. The highest BCUT2D eigenvalue weighted by molar-refractivity contribution is 9.10. The maximum Gasteiger partial charge on any atom is 0.138 e. The normalized spacial score (nSPS) is 12.5. The Labute approximate surface area is 141 Å². The highest BCUT2D eigenvalue weighted by Gasteiger charge is 2.07. The van der Waals surface area contributed by atoms with Crippen molar-refractivity contribution in [2.75, 3.05) is 17.7 Å². The van der Waals surface area contributed by atoms with E-state index >= 15 is 0 Å². The number of benzene rings is 2. The van der Waals surface area contributed by atoms with Crippen LogP contribution in [0.15, 0.2) is 46.9 Å². The third-order valence-electron chi connectivity index (χ3n) is 3.30. The number of rotatable bonds is 5. The number of hydrogen-bond acceptors (Lipinski definition) is 3. The highest BCUT2D eigenvalue weighted by atomic mass is 79.9. The Balaban J connectivity index is 1.86. The van der Waals surface area contributed by atoms with Gasteiger partial charge in [-0.2, -0.15) is 0 Å². The number of aliphatic hydroxyl groups is 1. The SMILES string of the molecule is OC(CCl)CNc1cccc(-c2nc3ccc(Br)cc3[nH]2)c1. The van der Waals surface area contributed by atoms with Crippen molar-refractivity contribution >= 4 is 44.3 Å². The summed E-state index contributed by atoms with van der Waals surface area (Å²) in [4.78, 5) is 7.92. The second-order valence-electron chi connectivity index (χ2n) is 5.02. The summed E-state index contributed by atoms with van der Waals surface area (Å²) < 4.78 is 1.01. The molecule has 0 aliphatic carbocycles. The third-order valence-corrected chi connectivity index (χ3v) is 4.15. The van der Waals surface area contributed by atoms with Crippen LogP contribution in [-0.4, -0.2) is 33.6 Å². The summed E-state index contributed by atoms with van der Waals surface area (Å²) in [7, 11) is 0. The number of imidazole rings is 1. The van der Waals surface area contributed by atoms with Crippen molar-refractivity contribution in [3.05, 3.63) is 46.9 Å². The van der Waals surface area contributed by atoms with Gasteiger partial charge in [0.2, 0.25) is 0 Å². The first-order valence-corrected chi connectivity index (χ1v) is 8.22. The molecule has 0 bridgehead atoms. The molecular weight excluding hydrogens is 366 g/mol. The molecule has 0 aliphatic heterocycles. The van der Waals surface area contributed by atoms with Crippen LogP contribution in [0.3, 0.4) is 0 Å². The Morgan fingerprint density at radius 2 is 2.14 bits per heavy atom. The molecular formula is C16H15BrClN3O. The average molecular weight is 381 g/mol. The maximum atomic E-state index is 9.51. The number of anilines is 1. The summed E-state index contributed by atoms with van der Waals surface area (Å²) in [6.45, 7) is 0.417. The standard InChI is InChI=1S/C16H15BrClN3O/c17-11-4-5-14-15(7-11)21-16(20-14)10-2-1-3-12(6-10)19-9-13(22)8-18/h1-7,13,19,22H,8-9H2,(H,20,21). The molecule has 1 heterocycles. The van der Waals surface area contributed by atoms with Gasteiger partial charge in [0.05, 0.1) is 23.0 Å². The van der Waals surface area contributed by atoms with Crippen molar-refractivity contribution in [3.8, 4) is 11.4 Å². The Bertz CT molecular complexity index is 790. The van der Waals surface area contributed by atoms with E-state index in [2.05, 4.69) is 31.2 Å². The average Bonchev–Trinajstić information content (AvgIpc) is 2.96. The smallest absolute Gasteiger partial charge is 0.138 e. The van der Waals surface area contributed by atoms with Gasteiger partial charge >= 0.3 is 0 Å². The lowest BCUT2D eigenvalue weighted by atomic mass is 10.2. The fraction of sp³-hybridized carbons (Fsp3) is 0.188. The maximum absolute atomic E-state index is 9.51. The van der Waals surface area contributed by atoms with Gasteiger partial charge in [0.1, 0.15) is 5.82 Å². The number of nitrogens with one attached hydrogen (secondary N) is 2. The molecule has 3 aromatic rings. The topological polar surface area (TPSA) is 60.9 Å². The number of aliphatic hydroxyl groups excluding tert-OH is 1. The lowest BCUT2D eigenvalue weighted by Gasteiger charge is -2.10. The van der Waals surface area contributed by atoms with Crippen LogP contribution in [0.1, 0.15) is 0 Å². The van der Waals surface area contributed by atoms with E-state index in [1.807, 2.05) is 42.5 Å². The lowest BCUT2D eigenvalue weighted by molar-refractivity contribution is 0.211. The Morgan fingerprint density at radius 3 is 2.95 bits per heavy atom. The van der Waals surface area contributed by atoms with Crippen LogP contribution < -0.4 is 5.32 Å². The number of alkyl halides is 1. The number of aromatic nitrogens is 2. The Kier molecular flexibility index (Phi) is 4.66. The number of nitrogens with zero attached hydrogens (tertiary/aromatic N) is 1. The molecule has 114 valence electrons. The molecule has 0 amide bonds. The van der Waals surface area contributed by atoms with Crippen molar-refractivity contribution in [2.24, 2.45) is 0 Å². The summed E-state index contributed by atoms with van der Waals surface area (Å²) in [6.07, 6.45) is -0.561. The van der Waals surface area contributed by atoms with Gasteiger partial charge < -0.3 is 15.4 Å². The Hall–Kier alpha value is -1.56. The summed E-state index contributed by atoms with van der Waals surface area (Å²) in [5, 5.41) is 12.7. The van der Waals surface area contributed by atoms with E-state index in [4.69, 9.17) is 11.6 Å². The minimum Gasteiger partial charge on any atom is -0.390 e. The van der Waals surface area contributed by atoms with Crippen molar-refractivity contribution in [2.45, 2.75) is 6.10 Å². The first-order chi connectivity index (χ1) is 10.7. The van der Waals surface area contributed by atoms with E-state index in [0.717, 1.165) is 32.6 Å². The molecule has 0 aliphatic rings. The van der Waals surface area contributed by atoms with Crippen molar-refractivity contribution < 1.29 is 5.11 Å². The zero-order valence-electron chi connectivity index (χ0n) is 11.7. The monoisotopic (exact) mass is 379 g/mol. The minimum atomic E-state index is -0.561. The quantitative estimate of drug-likeness (QED) is 0.586. The predicted molar refractivity (Wildman–Crippen MR) is 94.4 cm³/mol. The second kappa shape index (κ2) is 6.69. The first kappa shape index (κ1) is 15.3. The highest BCUT2D eigenvalue weighted by Crippen LogP contribution is 2.24. The van der Waals surface area contributed by atoms with Crippen molar-refractivity contribution in [1.82, 2.24) is 9.97 Å². The molecule has 2 aromatic carbocycles. The van der Waals surface area contributed by atoms with Crippen molar-refractivity contribution in [1.29, 1.82) is 0 Å². The molecule has 1 unspecified atom stereocenters. The van der Waals surface area contributed by atoms with E-state index in [-0.39, 0.29) is 5.88 Å². The van der Waals surface area contributed by atoms with Crippen LogP contribution in [0.4, 0.5) is 5.69 Å². The van der Waals surface area contributed by atoms with E-state index in [1.165, 1.54) is 0 Å². The van der Waals surface area contributed by atoms with Gasteiger partial charge in [0, 0.05) is 22.3 Å². The van der Waals surface area contributed by atoms with Gasteiger partial charge in [-0.05, 0) is 30.3 Å². The van der Waals surface area contributed by atoms with Gasteiger partial charge in [-0.25, -0.2) is 4.98 Å². The number of halogens is 2. The molecule has 3 N–H and O–H groups in total. The molecule has 3 rings (SSSR count). The molecule has 1 aromatic heterocycles. The third kappa shape index (κ3) is 3.43. The summed E-state index contributed by atoms with van der Waals surface area (Å²) in [6, 6.07) is 13.8. The summed E-state index contributed by atoms with van der Waals surface area (Å²) >= 11 is 9.05. The zero-order valence-corrected chi connectivity index (χ0v) is 14.0. The number of aromatic amines is 1. The molecule has 0 saturated heterocycles. The molecule has 0 spiro atoms. The molecule has 6 heteroatoms. The minimum absolute atomic E-state index is 0.213. The van der Waals surface area contributed by atoms with Crippen LogP contribution in [-0.2, 0) is 0 Å². The fourth-order valence-electron chi connectivity index (χ4n) is 2.19. The van der Waals surface area contributed by atoms with Gasteiger partial charge in [-0.3, -0.25) is 0 Å². The summed E-state index contributed by atoms with van der Waals surface area (Å²) in [5.74, 6) is 1.03. The van der Waals surface area contributed by atoms with Crippen LogP contribution >= 0.6 is 27.5 Å². The second-order valence-corrected chi connectivity index (χ2v) is 6.24. The van der Waals surface area contributed by atoms with Crippen molar-refractivity contribution in [3.63, 3.8) is 0 Å². The van der Waals surface area contributed by atoms with Crippen LogP contribution in [0, 0.1) is 0 Å². The van der Waals surface area contributed by atoms with Gasteiger partial charge in [0.15, 0.2) is 0 Å². The van der Waals surface area contributed by atoms with Crippen LogP contribution in [0.2, 0.25) is 0 Å². The van der Waals surface area contributed by atoms with Crippen LogP contribution in [0.5, 0.6) is 0 Å². The largest absolute Gasteiger partial charge is 0.390 e. The van der Waals surface area contributed by atoms with E-state index in [1.54, 1.807) is 0 Å². The van der Waals surface area contributed by atoms with Gasteiger partial charge in [0.25, 0.3) is 0 Å². The number of H-pyrrole nitrogens is 1. The molecule has 0 fully saturated rings.